The Hall–Kier alpha value is -4.69. The fourth-order valence-corrected chi connectivity index (χ4v) is 5.86. The molecule has 5 N–H and O–H groups in total. The van der Waals surface area contributed by atoms with Crippen LogP contribution < -0.4 is 34.7 Å². The third-order valence-electron chi connectivity index (χ3n) is 9.01. The summed E-state index contributed by atoms with van der Waals surface area (Å²) in [6.45, 7) is 2.93. The number of hydrogen-bond donors (Lipinski definition) is 4. The maximum atomic E-state index is 13.8. The van der Waals surface area contributed by atoms with Crippen molar-refractivity contribution < 1.29 is 52.3 Å². The number of ether oxygens (including phenoxy) is 5. The number of aromatic nitrogens is 1. The second-order valence-electron chi connectivity index (χ2n) is 13.1. The van der Waals surface area contributed by atoms with Gasteiger partial charge in [0.15, 0.2) is 23.0 Å². The van der Waals surface area contributed by atoms with Crippen LogP contribution in [0.4, 0.5) is 8.78 Å². The molecular formula is C34H35F2N3O9. The van der Waals surface area contributed by atoms with E-state index < -0.39 is 35.2 Å². The van der Waals surface area contributed by atoms with Crippen LogP contribution in [0.15, 0.2) is 42.5 Å². The van der Waals surface area contributed by atoms with E-state index in [1.165, 1.54) is 18.2 Å². The molecule has 2 fully saturated rings. The van der Waals surface area contributed by atoms with E-state index >= 15 is 0 Å². The van der Waals surface area contributed by atoms with Crippen molar-refractivity contribution in [3.05, 3.63) is 59.3 Å². The van der Waals surface area contributed by atoms with Gasteiger partial charge in [0, 0.05) is 16.7 Å². The topological polar surface area (TPSA) is 172 Å². The number of carbonyl (C=O) groups excluding carboxylic acids is 2. The van der Waals surface area contributed by atoms with E-state index in [-0.39, 0.29) is 66.0 Å². The summed E-state index contributed by atoms with van der Waals surface area (Å²) in [5.74, 6) is -0.817. The van der Waals surface area contributed by atoms with Crippen molar-refractivity contribution in [2.45, 2.75) is 69.0 Å². The van der Waals surface area contributed by atoms with Crippen molar-refractivity contribution in [3.8, 4) is 40.0 Å². The molecule has 2 saturated carbocycles. The first-order valence-electron chi connectivity index (χ1n) is 15.8. The number of halogens is 2. The lowest BCUT2D eigenvalue weighted by molar-refractivity contribution is -0.286. The molecule has 0 spiro atoms. The molecule has 2 aliphatic carbocycles. The van der Waals surface area contributed by atoms with E-state index in [4.69, 9.17) is 24.9 Å². The minimum atomic E-state index is -3.83. The number of amides is 2. The van der Waals surface area contributed by atoms with Crippen molar-refractivity contribution in [3.63, 3.8) is 0 Å². The Morgan fingerprint density at radius 3 is 2.54 bits per heavy atom. The molecule has 2 aliphatic heterocycles. The Bertz CT molecular complexity index is 1800. The standard InChI is InChI=1S/C34H35F2N3O9/c1-17(40)14-44-23-9-4-19(12-25(23)46-21-7-8-21)30(41)38-15-33(43,20-5-6-20)27-13-22-29(45-16-32(22,2)31(37)42)28(39-27)18-3-10-24-26(11-18)48-34(35,36)47-24/h3-4,9-13,17,20-21,40,43H,5-8,14-16H2,1-2H3,(H2,37,42)(H,38,41)/t17-,32+,33?/m1/s1. The SMILES string of the molecule is C[C@@H](O)COc1ccc(C(=O)NCC(O)(c2cc3c(c(-c4ccc5c(c4)OC(F)(F)O5)n2)OC[C@]3(C)C(N)=O)C2CC2)cc1OC1CC1. The Balaban J connectivity index is 1.22. The van der Waals surface area contributed by atoms with E-state index in [2.05, 4.69) is 14.8 Å². The average molecular weight is 668 g/mol. The molecule has 2 amide bonds. The fourth-order valence-electron chi connectivity index (χ4n) is 5.86. The average Bonchev–Trinajstić information content (AvgIpc) is 3.98. The number of alkyl halides is 2. The summed E-state index contributed by atoms with van der Waals surface area (Å²) in [7, 11) is 0. The number of nitrogens with zero attached hydrogens (tertiary/aromatic N) is 1. The number of pyridine rings is 1. The van der Waals surface area contributed by atoms with Crippen LogP contribution >= 0.6 is 0 Å². The maximum Gasteiger partial charge on any atom is 0.586 e. The summed E-state index contributed by atoms with van der Waals surface area (Å²) in [6, 6.07) is 10.4. The third kappa shape index (κ3) is 5.94. The zero-order valence-corrected chi connectivity index (χ0v) is 26.3. The van der Waals surface area contributed by atoms with Crippen molar-refractivity contribution in [2.24, 2.45) is 11.7 Å². The number of fused-ring (bicyclic) bond motifs is 2. The van der Waals surface area contributed by atoms with Gasteiger partial charge in [-0.1, -0.05) is 0 Å². The van der Waals surface area contributed by atoms with E-state index in [0.717, 1.165) is 12.8 Å². The van der Waals surface area contributed by atoms with Gasteiger partial charge < -0.3 is 44.9 Å². The highest BCUT2D eigenvalue weighted by atomic mass is 19.3. The summed E-state index contributed by atoms with van der Waals surface area (Å²) < 4.78 is 54.4. The molecule has 254 valence electrons. The van der Waals surface area contributed by atoms with Gasteiger partial charge in [-0.05, 0) is 87.9 Å². The van der Waals surface area contributed by atoms with E-state index in [0.29, 0.717) is 35.5 Å². The molecule has 0 bridgehead atoms. The van der Waals surface area contributed by atoms with E-state index in [1.807, 2.05) is 0 Å². The van der Waals surface area contributed by atoms with Crippen LogP contribution in [-0.4, -0.2) is 65.3 Å². The number of aliphatic hydroxyl groups is 2. The lowest BCUT2D eigenvalue weighted by Gasteiger charge is -2.30. The molecule has 12 nitrogen and oxygen atoms in total. The molecule has 3 atom stereocenters. The molecule has 2 aromatic carbocycles. The minimum absolute atomic E-state index is 0.0218. The van der Waals surface area contributed by atoms with Gasteiger partial charge in [0.05, 0.1) is 24.4 Å². The van der Waals surface area contributed by atoms with Gasteiger partial charge >= 0.3 is 6.29 Å². The quantitative estimate of drug-likeness (QED) is 0.224. The lowest BCUT2D eigenvalue weighted by atomic mass is 9.81. The highest BCUT2D eigenvalue weighted by molar-refractivity contribution is 5.95. The molecule has 1 aromatic heterocycles. The van der Waals surface area contributed by atoms with Crippen molar-refractivity contribution in [1.29, 1.82) is 0 Å². The largest absolute Gasteiger partial charge is 0.586 e. The van der Waals surface area contributed by atoms with Crippen LogP contribution in [0.3, 0.4) is 0 Å². The predicted molar refractivity (Wildman–Crippen MR) is 164 cm³/mol. The fraction of sp³-hybridized carbons (Fsp3) is 0.441. The predicted octanol–water partition coefficient (Wildman–Crippen LogP) is 3.53. The zero-order chi connectivity index (χ0) is 34.0. The number of nitrogens with one attached hydrogen (secondary N) is 1. The number of rotatable bonds is 12. The van der Waals surface area contributed by atoms with Gasteiger partial charge in [0.25, 0.3) is 5.91 Å². The molecule has 14 heteroatoms. The monoisotopic (exact) mass is 667 g/mol. The zero-order valence-electron chi connectivity index (χ0n) is 26.3. The second-order valence-corrected chi connectivity index (χ2v) is 13.1. The molecule has 7 rings (SSSR count). The van der Waals surface area contributed by atoms with Gasteiger partial charge in [0.1, 0.15) is 35.7 Å². The van der Waals surface area contributed by atoms with Crippen LogP contribution in [0, 0.1) is 5.92 Å². The molecule has 3 heterocycles. The van der Waals surface area contributed by atoms with E-state index in [9.17, 15) is 28.6 Å². The second kappa shape index (κ2) is 11.5. The van der Waals surface area contributed by atoms with E-state index in [1.54, 1.807) is 38.1 Å². The van der Waals surface area contributed by atoms with Gasteiger partial charge in [-0.25, -0.2) is 4.98 Å². The summed E-state index contributed by atoms with van der Waals surface area (Å²) in [6.07, 6.45) is -1.44. The highest BCUT2D eigenvalue weighted by Gasteiger charge is 2.50. The third-order valence-corrected chi connectivity index (χ3v) is 9.01. The molecule has 48 heavy (non-hydrogen) atoms. The van der Waals surface area contributed by atoms with Crippen LogP contribution in [-0.2, 0) is 15.8 Å². The molecule has 0 saturated heterocycles. The normalized spacial score (nSPS) is 22.2. The number of primary amides is 1. The van der Waals surface area contributed by atoms with Crippen LogP contribution in [0.25, 0.3) is 11.3 Å². The number of carbonyl (C=O) groups is 2. The summed E-state index contributed by atoms with van der Waals surface area (Å²) in [5.41, 5.74) is 4.12. The Kier molecular flexibility index (Phi) is 7.63. The highest BCUT2D eigenvalue weighted by Crippen LogP contribution is 2.51. The van der Waals surface area contributed by atoms with Crippen LogP contribution in [0.2, 0.25) is 0 Å². The van der Waals surface area contributed by atoms with Crippen LogP contribution in [0.5, 0.6) is 28.7 Å². The minimum Gasteiger partial charge on any atom is -0.489 e. The van der Waals surface area contributed by atoms with Gasteiger partial charge in [0.2, 0.25) is 5.91 Å². The van der Waals surface area contributed by atoms with Gasteiger partial charge in [-0.2, -0.15) is 0 Å². The van der Waals surface area contributed by atoms with Crippen LogP contribution in [0.1, 0.15) is 61.1 Å². The molecule has 0 radical (unpaired) electrons. The van der Waals surface area contributed by atoms with Crippen molar-refractivity contribution >= 4 is 11.8 Å². The van der Waals surface area contributed by atoms with Gasteiger partial charge in [-0.3, -0.25) is 9.59 Å². The summed E-state index contributed by atoms with van der Waals surface area (Å²) in [4.78, 5) is 30.9. The van der Waals surface area contributed by atoms with Gasteiger partial charge in [-0.15, -0.1) is 8.78 Å². The Morgan fingerprint density at radius 1 is 1.10 bits per heavy atom. The Morgan fingerprint density at radius 2 is 1.85 bits per heavy atom. The number of nitrogens with two attached hydrogens (primary N) is 1. The number of benzene rings is 2. The molecule has 3 aromatic rings. The Labute approximate surface area is 274 Å². The first-order valence-corrected chi connectivity index (χ1v) is 15.8. The summed E-state index contributed by atoms with van der Waals surface area (Å²) in [5, 5.41) is 24.7. The van der Waals surface area contributed by atoms with Crippen molar-refractivity contribution in [1.82, 2.24) is 10.3 Å². The smallest absolute Gasteiger partial charge is 0.489 e. The lowest BCUT2D eigenvalue weighted by Crippen LogP contribution is -2.44. The molecule has 1 unspecified atom stereocenters. The molecular weight excluding hydrogens is 632 g/mol. The first-order chi connectivity index (χ1) is 22.8. The summed E-state index contributed by atoms with van der Waals surface area (Å²) >= 11 is 0. The number of hydrogen-bond acceptors (Lipinski definition) is 10. The molecule has 4 aliphatic rings. The number of aliphatic hydroxyl groups excluding tert-OH is 1. The van der Waals surface area contributed by atoms with Crippen molar-refractivity contribution in [2.75, 3.05) is 19.8 Å². The first kappa shape index (κ1) is 31.9. The maximum absolute atomic E-state index is 13.8.